The third-order valence-corrected chi connectivity index (χ3v) is 8.93. The number of halogens is 2. The van der Waals surface area contributed by atoms with Crippen LogP contribution < -0.4 is 21.1 Å². The lowest BCUT2D eigenvalue weighted by Crippen LogP contribution is -2.38. The number of nitrogens with two attached hydrogens (primary N) is 1. The van der Waals surface area contributed by atoms with E-state index in [1.54, 1.807) is 24.0 Å². The summed E-state index contributed by atoms with van der Waals surface area (Å²) in [6, 6.07) is 7.70. The van der Waals surface area contributed by atoms with Gasteiger partial charge in [-0.1, -0.05) is 11.6 Å². The van der Waals surface area contributed by atoms with Gasteiger partial charge in [-0.15, -0.1) is 0 Å². The Hall–Kier alpha value is -4.54. The van der Waals surface area contributed by atoms with Gasteiger partial charge in [-0.2, -0.15) is 5.10 Å². The van der Waals surface area contributed by atoms with Crippen molar-refractivity contribution in [1.29, 1.82) is 0 Å². The Labute approximate surface area is 325 Å². The quantitative estimate of drug-likeness (QED) is 0.0543. The number of alkyl carbamates (subject to hydrolysis) is 1. The van der Waals surface area contributed by atoms with E-state index in [1.807, 2.05) is 46.0 Å². The first kappa shape index (κ1) is 41.6. The number of fused-ring (bicyclic) bond motifs is 1. The molecular weight excluding hydrogens is 733 g/mol. The number of aryl methyl sites for hydroxylation is 1. The molecule has 1 saturated carbocycles. The first-order chi connectivity index (χ1) is 26.4. The third-order valence-electron chi connectivity index (χ3n) is 8.61. The monoisotopic (exact) mass is 783 g/mol. The molecule has 0 bridgehead atoms. The summed E-state index contributed by atoms with van der Waals surface area (Å²) < 4.78 is 48.6. The number of aromatic nitrogens is 3. The van der Waals surface area contributed by atoms with Gasteiger partial charge in [0.1, 0.15) is 23.9 Å². The van der Waals surface area contributed by atoms with Crippen LogP contribution in [0.4, 0.5) is 20.6 Å². The number of amidine groups is 1. The molecule has 3 heterocycles. The lowest BCUT2D eigenvalue weighted by Gasteiger charge is -2.22. The molecule has 4 N–H and O–H groups in total. The molecule has 16 heteroatoms. The number of pyridine rings is 1. The molecule has 0 aliphatic heterocycles. The summed E-state index contributed by atoms with van der Waals surface area (Å²) in [4.78, 5) is 21.5. The van der Waals surface area contributed by atoms with Gasteiger partial charge in [0.05, 0.1) is 79.9 Å². The molecule has 1 fully saturated rings. The summed E-state index contributed by atoms with van der Waals surface area (Å²) in [7, 11) is 1.63. The number of carbonyl (C=O) groups is 1. The molecule has 3 aromatic heterocycles. The van der Waals surface area contributed by atoms with Gasteiger partial charge in [0, 0.05) is 54.8 Å². The normalized spacial score (nSPS) is 16.1. The van der Waals surface area contributed by atoms with Gasteiger partial charge < -0.3 is 44.8 Å². The number of hydrogen-bond donors (Lipinski definition) is 3. The number of amides is 1. The molecule has 0 radical (unpaired) electrons. The van der Waals surface area contributed by atoms with Crippen LogP contribution in [0.15, 0.2) is 53.9 Å². The minimum atomic E-state index is -0.598. The summed E-state index contributed by atoms with van der Waals surface area (Å²) in [5.41, 5.74) is 10.8. The van der Waals surface area contributed by atoms with Crippen LogP contribution in [0.1, 0.15) is 51.2 Å². The van der Waals surface area contributed by atoms with Crippen molar-refractivity contribution < 1.29 is 37.6 Å². The SMILES string of the molecule is COCCOCCOCCOCCOc1cc(C)c(-c2cc3c(N[C@@H]4CC[C@H](NC(=O)OC(C)(C)C)C4)c(C(N)=Nc4cc(F)ccc4Cl)cnn3c2)cn1. The van der Waals surface area contributed by atoms with Crippen LogP contribution in [-0.2, 0) is 23.7 Å². The fourth-order valence-electron chi connectivity index (χ4n) is 6.03. The number of anilines is 1. The van der Waals surface area contributed by atoms with Crippen LogP contribution in [0, 0.1) is 12.7 Å². The highest BCUT2D eigenvalue weighted by Gasteiger charge is 2.29. The number of benzene rings is 1. The molecular formula is C39H51ClFN7O7. The Morgan fingerprint density at radius 3 is 2.38 bits per heavy atom. The van der Waals surface area contributed by atoms with Gasteiger partial charge in [0.25, 0.3) is 0 Å². The number of rotatable bonds is 19. The van der Waals surface area contributed by atoms with E-state index in [9.17, 15) is 9.18 Å². The summed E-state index contributed by atoms with van der Waals surface area (Å²) in [6.07, 6.45) is 7.04. The van der Waals surface area contributed by atoms with Crippen LogP contribution in [0.2, 0.25) is 5.02 Å². The number of hydrogen-bond acceptors (Lipinski definition) is 11. The van der Waals surface area contributed by atoms with E-state index >= 15 is 0 Å². The van der Waals surface area contributed by atoms with E-state index in [4.69, 9.17) is 45.8 Å². The van der Waals surface area contributed by atoms with Gasteiger partial charge in [0.2, 0.25) is 5.88 Å². The van der Waals surface area contributed by atoms with E-state index in [0.717, 1.165) is 35.0 Å². The van der Waals surface area contributed by atoms with Crippen molar-refractivity contribution in [2.24, 2.45) is 10.7 Å². The highest BCUT2D eigenvalue weighted by atomic mass is 35.5. The van der Waals surface area contributed by atoms with Crippen molar-refractivity contribution >= 4 is 40.4 Å². The molecule has 0 unspecified atom stereocenters. The molecule has 55 heavy (non-hydrogen) atoms. The second-order valence-corrected chi connectivity index (χ2v) is 14.5. The first-order valence-electron chi connectivity index (χ1n) is 18.3. The van der Waals surface area contributed by atoms with Gasteiger partial charge in [-0.05, 0) is 70.7 Å². The van der Waals surface area contributed by atoms with Crippen LogP contribution in [0.25, 0.3) is 16.6 Å². The van der Waals surface area contributed by atoms with Crippen LogP contribution >= 0.6 is 11.6 Å². The molecule has 1 aliphatic carbocycles. The smallest absolute Gasteiger partial charge is 0.407 e. The predicted molar refractivity (Wildman–Crippen MR) is 209 cm³/mol. The first-order valence-corrected chi connectivity index (χ1v) is 18.7. The minimum absolute atomic E-state index is 0.0176. The lowest BCUT2D eigenvalue weighted by atomic mass is 10.1. The van der Waals surface area contributed by atoms with E-state index in [0.29, 0.717) is 76.4 Å². The average molecular weight is 784 g/mol. The van der Waals surface area contributed by atoms with E-state index < -0.39 is 17.5 Å². The second kappa shape index (κ2) is 19.9. The lowest BCUT2D eigenvalue weighted by molar-refractivity contribution is 0.00000309. The topological polar surface area (TPSA) is 165 Å². The van der Waals surface area contributed by atoms with Gasteiger partial charge in [0.15, 0.2) is 0 Å². The van der Waals surface area contributed by atoms with Crippen LogP contribution in [0.3, 0.4) is 0 Å². The van der Waals surface area contributed by atoms with Gasteiger partial charge >= 0.3 is 6.09 Å². The Bertz CT molecular complexity index is 1920. The minimum Gasteiger partial charge on any atom is -0.475 e. The van der Waals surface area contributed by atoms with E-state index in [2.05, 4.69) is 25.7 Å². The third kappa shape index (κ3) is 12.5. The Balaban J connectivity index is 1.28. The molecule has 14 nitrogen and oxygen atoms in total. The van der Waals surface area contributed by atoms with Crippen molar-refractivity contribution in [1.82, 2.24) is 19.9 Å². The Kier molecular flexibility index (Phi) is 15.0. The Morgan fingerprint density at radius 1 is 1.00 bits per heavy atom. The van der Waals surface area contributed by atoms with Crippen LogP contribution in [-0.4, -0.2) is 104 Å². The zero-order chi connectivity index (χ0) is 39.4. The predicted octanol–water partition coefficient (Wildman–Crippen LogP) is 6.47. The molecule has 1 aliphatic rings. The van der Waals surface area contributed by atoms with Gasteiger partial charge in [-0.3, -0.25) is 0 Å². The number of nitrogens with one attached hydrogen (secondary N) is 2. The standard InChI is InChI=1S/C39H51ClFN7O7/c1-25-18-35(54-17-16-53-15-14-52-13-12-51-11-10-50-5)43-22-30(25)26-19-34-36(45-28-7-8-29(21-28)46-38(49)55-39(2,3)4)31(23-44-48(34)24-26)37(42)47-33-20-27(41)6-9-32(33)40/h6,9,18-20,22-24,28-29,45H,7-8,10-17,21H2,1-5H3,(H2,42,47)(H,46,49)/t28-,29+/m1/s1. The molecule has 0 saturated heterocycles. The molecule has 1 amide bonds. The number of aliphatic imine (C=N–C) groups is 1. The van der Waals surface area contributed by atoms with Crippen molar-refractivity contribution in [2.75, 3.05) is 65.3 Å². The summed E-state index contributed by atoms with van der Waals surface area (Å²) >= 11 is 6.33. The number of carbonyl (C=O) groups excluding carboxylic acids is 1. The molecule has 1 aromatic carbocycles. The van der Waals surface area contributed by atoms with Crippen molar-refractivity contribution in [3.8, 4) is 17.0 Å². The molecule has 298 valence electrons. The summed E-state index contributed by atoms with van der Waals surface area (Å²) in [5, 5.41) is 11.6. The zero-order valence-electron chi connectivity index (χ0n) is 32.0. The van der Waals surface area contributed by atoms with E-state index in [1.165, 1.54) is 18.2 Å². The average Bonchev–Trinajstić information content (AvgIpc) is 3.76. The molecule has 2 atom stereocenters. The molecule has 4 aromatic rings. The fraction of sp³-hybridized carbons (Fsp3) is 0.487. The maximum atomic E-state index is 14.1. The van der Waals surface area contributed by atoms with Crippen molar-refractivity contribution in [3.05, 3.63) is 70.9 Å². The van der Waals surface area contributed by atoms with Crippen molar-refractivity contribution in [2.45, 2.75) is 64.6 Å². The van der Waals surface area contributed by atoms with E-state index in [-0.39, 0.29) is 28.6 Å². The van der Waals surface area contributed by atoms with Crippen molar-refractivity contribution in [3.63, 3.8) is 0 Å². The highest BCUT2D eigenvalue weighted by Crippen LogP contribution is 2.34. The maximum absolute atomic E-state index is 14.1. The number of nitrogens with zero attached hydrogens (tertiary/aromatic N) is 4. The summed E-state index contributed by atoms with van der Waals surface area (Å²) in [6.45, 7) is 11.2. The summed E-state index contributed by atoms with van der Waals surface area (Å²) in [5.74, 6) is 0.102. The maximum Gasteiger partial charge on any atom is 0.407 e. The van der Waals surface area contributed by atoms with Crippen LogP contribution in [0.5, 0.6) is 5.88 Å². The largest absolute Gasteiger partial charge is 0.475 e. The fourth-order valence-corrected chi connectivity index (χ4v) is 6.19. The molecule has 0 spiro atoms. The van der Waals surface area contributed by atoms with Gasteiger partial charge in [-0.25, -0.2) is 23.7 Å². The number of ether oxygens (including phenoxy) is 6. The second-order valence-electron chi connectivity index (χ2n) is 14.1. The number of methoxy groups -OCH3 is 1. The molecule has 5 rings (SSSR count). The Morgan fingerprint density at radius 2 is 1.69 bits per heavy atom. The zero-order valence-corrected chi connectivity index (χ0v) is 32.8. The highest BCUT2D eigenvalue weighted by molar-refractivity contribution is 6.33.